The van der Waals surface area contributed by atoms with Crippen LogP contribution in [0.2, 0.25) is 0 Å². The molecular weight excluding hydrogens is 536 g/mol. The van der Waals surface area contributed by atoms with Crippen molar-refractivity contribution in [3.63, 3.8) is 0 Å². The zero-order valence-electron chi connectivity index (χ0n) is 21.2. The molecular formula is C26H28O14. The first kappa shape index (κ1) is 28.8. The first-order valence-electron chi connectivity index (χ1n) is 12.1. The molecule has 0 aliphatic carbocycles. The molecule has 1 fully saturated rings. The molecule has 14 heteroatoms. The predicted octanol–water partition coefficient (Wildman–Crippen LogP) is 0.764. The number of hydrogen-bond acceptors (Lipinski definition) is 14. The van der Waals surface area contributed by atoms with Crippen LogP contribution in [0, 0.1) is 5.92 Å². The van der Waals surface area contributed by atoms with E-state index in [9.17, 15) is 50.4 Å². The number of carbonyl (C=O) groups is 1. The largest absolute Gasteiger partial charge is 0.504 e. The molecule has 0 radical (unpaired) electrons. The fourth-order valence-corrected chi connectivity index (χ4v) is 4.09. The summed E-state index contributed by atoms with van der Waals surface area (Å²) in [6.45, 7) is 3.09. The van der Waals surface area contributed by atoms with Crippen LogP contribution < -0.4 is 10.2 Å². The first-order valence-corrected chi connectivity index (χ1v) is 12.1. The van der Waals surface area contributed by atoms with Gasteiger partial charge in [-0.2, -0.15) is 0 Å². The van der Waals surface area contributed by atoms with Crippen LogP contribution in [0.1, 0.15) is 20.3 Å². The number of phenols is 4. The van der Waals surface area contributed by atoms with E-state index >= 15 is 0 Å². The van der Waals surface area contributed by atoms with Gasteiger partial charge in [-0.15, -0.1) is 0 Å². The lowest BCUT2D eigenvalue weighted by molar-refractivity contribution is -0.278. The number of aliphatic hydroxyl groups is 3. The minimum absolute atomic E-state index is 0.000964. The second-order valence-electron chi connectivity index (χ2n) is 9.67. The Balaban J connectivity index is 1.68. The van der Waals surface area contributed by atoms with Crippen molar-refractivity contribution in [3.8, 4) is 45.8 Å². The molecule has 0 saturated carbocycles. The van der Waals surface area contributed by atoms with Crippen LogP contribution in [-0.4, -0.2) is 84.1 Å². The molecule has 40 heavy (non-hydrogen) atoms. The summed E-state index contributed by atoms with van der Waals surface area (Å²) in [7, 11) is 0. The van der Waals surface area contributed by atoms with Gasteiger partial charge in [0.15, 0.2) is 28.8 Å². The Labute approximate surface area is 225 Å². The Morgan fingerprint density at radius 3 is 2.27 bits per heavy atom. The van der Waals surface area contributed by atoms with Crippen molar-refractivity contribution in [1.82, 2.24) is 0 Å². The molecule has 1 saturated heterocycles. The number of esters is 1. The van der Waals surface area contributed by atoms with Gasteiger partial charge in [-0.05, 0) is 24.1 Å². The third kappa shape index (κ3) is 5.42. The minimum atomic E-state index is -1.88. The highest BCUT2D eigenvalue weighted by atomic mass is 16.7. The molecule has 14 nitrogen and oxygen atoms in total. The van der Waals surface area contributed by atoms with E-state index in [2.05, 4.69) is 0 Å². The molecule has 0 bridgehead atoms. The van der Waals surface area contributed by atoms with Gasteiger partial charge in [0.2, 0.25) is 23.2 Å². The zero-order valence-corrected chi connectivity index (χ0v) is 21.2. The fourth-order valence-electron chi connectivity index (χ4n) is 4.09. The van der Waals surface area contributed by atoms with Crippen molar-refractivity contribution < 1.29 is 64.3 Å². The number of carbonyl (C=O) groups excluding carboxylic acids is 1. The standard InChI is InChI=1S/C26H28O14/c1-9(2)5-16(29)37-8-15-19(31)22(34)24(36)26(40-15)39-14-7-13-17(20(32)18(14)30)21(33)23(35)25(38-13)10-3-4-11(27)12(28)6-10/h3-4,6-7,9,15,19,22,24,26-28,30-32,34-36H,5,8H2,1-2H3/t15-,19-,22+,24-,26-/m1/s1. The van der Waals surface area contributed by atoms with Gasteiger partial charge in [-0.1, -0.05) is 13.8 Å². The Kier molecular flexibility index (Phi) is 7.98. The lowest BCUT2D eigenvalue weighted by Crippen LogP contribution is -2.60. The van der Waals surface area contributed by atoms with Gasteiger partial charge >= 0.3 is 5.97 Å². The van der Waals surface area contributed by atoms with Gasteiger partial charge in [0.1, 0.15) is 42.0 Å². The summed E-state index contributed by atoms with van der Waals surface area (Å²) in [5.41, 5.74) is -1.60. The van der Waals surface area contributed by atoms with E-state index in [4.69, 9.17) is 18.6 Å². The van der Waals surface area contributed by atoms with E-state index in [-0.39, 0.29) is 17.9 Å². The Bertz CT molecular complexity index is 1480. The maximum atomic E-state index is 12.8. The van der Waals surface area contributed by atoms with Gasteiger partial charge < -0.3 is 59.5 Å². The minimum Gasteiger partial charge on any atom is -0.504 e. The Morgan fingerprint density at radius 2 is 1.62 bits per heavy atom. The molecule has 0 spiro atoms. The third-order valence-corrected chi connectivity index (χ3v) is 6.21. The monoisotopic (exact) mass is 564 g/mol. The number of ether oxygens (including phenoxy) is 3. The summed E-state index contributed by atoms with van der Waals surface area (Å²) in [4.78, 5) is 24.7. The number of benzene rings is 2. The average Bonchev–Trinajstić information content (AvgIpc) is 2.89. The Hall–Kier alpha value is -4.24. The molecule has 4 rings (SSSR count). The van der Waals surface area contributed by atoms with E-state index in [1.165, 1.54) is 6.07 Å². The second kappa shape index (κ2) is 11.1. The highest BCUT2D eigenvalue weighted by molar-refractivity contribution is 5.91. The van der Waals surface area contributed by atoms with Crippen molar-refractivity contribution in [2.45, 2.75) is 51.0 Å². The van der Waals surface area contributed by atoms with Crippen molar-refractivity contribution in [3.05, 3.63) is 34.5 Å². The van der Waals surface area contributed by atoms with E-state index in [0.29, 0.717) is 0 Å². The number of aromatic hydroxyl groups is 5. The molecule has 0 unspecified atom stereocenters. The lowest BCUT2D eigenvalue weighted by Gasteiger charge is -2.39. The Morgan fingerprint density at radius 1 is 0.925 bits per heavy atom. The molecule has 2 heterocycles. The summed E-state index contributed by atoms with van der Waals surface area (Å²) in [6, 6.07) is 4.24. The highest BCUT2D eigenvalue weighted by Gasteiger charge is 2.46. The van der Waals surface area contributed by atoms with Crippen molar-refractivity contribution in [1.29, 1.82) is 0 Å². The van der Waals surface area contributed by atoms with Crippen LogP contribution in [0.3, 0.4) is 0 Å². The molecule has 1 aliphatic rings. The van der Waals surface area contributed by atoms with Crippen molar-refractivity contribution in [2.75, 3.05) is 6.61 Å². The summed E-state index contributed by atoms with van der Waals surface area (Å²) in [6.07, 6.45) is -8.41. The van der Waals surface area contributed by atoms with E-state index in [1.54, 1.807) is 13.8 Å². The molecule has 216 valence electrons. The van der Waals surface area contributed by atoms with Gasteiger partial charge in [-0.3, -0.25) is 9.59 Å². The van der Waals surface area contributed by atoms with E-state index < -0.39 is 99.9 Å². The van der Waals surface area contributed by atoms with Crippen molar-refractivity contribution in [2.24, 2.45) is 5.92 Å². The van der Waals surface area contributed by atoms with Gasteiger partial charge in [0.05, 0.1) is 0 Å². The smallest absolute Gasteiger partial charge is 0.306 e. The molecule has 2 aromatic carbocycles. The molecule has 5 atom stereocenters. The number of fused-ring (bicyclic) bond motifs is 1. The average molecular weight is 564 g/mol. The van der Waals surface area contributed by atoms with Crippen LogP contribution >= 0.6 is 0 Å². The van der Waals surface area contributed by atoms with E-state index in [1.807, 2.05) is 0 Å². The normalized spacial score (nSPS) is 22.9. The number of aliphatic hydroxyl groups excluding tert-OH is 3. The van der Waals surface area contributed by atoms with Crippen LogP contribution in [0.5, 0.6) is 34.5 Å². The van der Waals surface area contributed by atoms with E-state index in [0.717, 1.165) is 18.2 Å². The summed E-state index contributed by atoms with van der Waals surface area (Å²) >= 11 is 0. The number of phenolic OH excluding ortho intramolecular Hbond substituents is 4. The van der Waals surface area contributed by atoms with Gasteiger partial charge in [0.25, 0.3) is 0 Å². The topological polar surface area (TPSA) is 237 Å². The summed E-state index contributed by atoms with van der Waals surface area (Å²) in [5, 5.41) is 81.1. The van der Waals surface area contributed by atoms with Gasteiger partial charge in [0, 0.05) is 18.1 Å². The van der Waals surface area contributed by atoms with Crippen LogP contribution in [0.4, 0.5) is 0 Å². The van der Waals surface area contributed by atoms with Crippen LogP contribution in [0.15, 0.2) is 33.5 Å². The zero-order chi connectivity index (χ0) is 29.5. The number of rotatable bonds is 7. The third-order valence-electron chi connectivity index (χ3n) is 6.21. The number of hydrogen-bond donors (Lipinski definition) is 8. The highest BCUT2D eigenvalue weighted by Crippen LogP contribution is 2.44. The molecule has 1 aromatic heterocycles. The summed E-state index contributed by atoms with van der Waals surface area (Å²) < 4.78 is 21.6. The van der Waals surface area contributed by atoms with Crippen molar-refractivity contribution >= 4 is 16.9 Å². The molecule has 0 amide bonds. The maximum absolute atomic E-state index is 12.8. The SMILES string of the molecule is CC(C)CC(=O)OC[C@H]1O[C@@H](Oc2cc3oc(-c4ccc(O)c(O)c4)c(O)c(=O)c3c(O)c2O)[C@H](O)[C@@H](O)[C@@H]1O. The quantitative estimate of drug-likeness (QED) is 0.146. The lowest BCUT2D eigenvalue weighted by atomic mass is 9.99. The fraction of sp³-hybridized carbons (Fsp3) is 0.385. The van der Waals surface area contributed by atoms with Gasteiger partial charge in [-0.25, -0.2) is 0 Å². The first-order chi connectivity index (χ1) is 18.8. The molecule has 1 aliphatic heterocycles. The summed E-state index contributed by atoms with van der Waals surface area (Å²) in [5.74, 6) is -5.73. The maximum Gasteiger partial charge on any atom is 0.306 e. The predicted molar refractivity (Wildman–Crippen MR) is 134 cm³/mol. The van der Waals surface area contributed by atoms with Crippen LogP contribution in [0.25, 0.3) is 22.3 Å². The van der Waals surface area contributed by atoms with Crippen LogP contribution in [-0.2, 0) is 14.3 Å². The molecule has 8 N–H and O–H groups in total. The second-order valence-corrected chi connectivity index (χ2v) is 9.67. The molecule has 3 aromatic rings.